The van der Waals surface area contributed by atoms with Crippen LogP contribution < -0.4 is 22.1 Å². The Hall–Kier alpha value is 3.80. The monoisotopic (exact) mass is 620 g/mol. The van der Waals surface area contributed by atoms with E-state index in [9.17, 15) is 0 Å². The van der Waals surface area contributed by atoms with Crippen LogP contribution in [0.25, 0.3) is 0 Å². The second-order valence-corrected chi connectivity index (χ2v) is 3.09. The Labute approximate surface area is 159 Å². The fourth-order valence-electron chi connectivity index (χ4n) is 0. The van der Waals surface area contributed by atoms with Crippen LogP contribution in [0.2, 0.25) is 0 Å². The summed E-state index contributed by atoms with van der Waals surface area (Å²) < 4.78 is 77.2. The zero-order valence-electron chi connectivity index (χ0n) is 5.75. The van der Waals surface area contributed by atoms with E-state index in [2.05, 4.69) is 0 Å². The number of hydrogen-bond acceptors (Lipinski definition) is 9. The summed E-state index contributed by atoms with van der Waals surface area (Å²) in [6.07, 6.45) is 0. The molecule has 0 spiro atoms. The minimum absolute atomic E-state index is 0. The SMILES string of the molecule is [Er+3].[Er+3].[O]=[Ti]([O-])[O-].[O]=[Ti]([O-])[O-].[O]=[Ti]([O-])[O-]. The summed E-state index contributed by atoms with van der Waals surface area (Å²) in [5.74, 6) is 0. The Morgan fingerprint density at radius 2 is 0.500 bits per heavy atom. The van der Waals surface area contributed by atoms with Gasteiger partial charge in [-0.1, -0.05) is 0 Å². The zero-order valence-corrected chi connectivity index (χ0v) is 14.1. The first kappa shape index (κ1) is 30.7. The standard InChI is InChI=1S/2Er.9O.3Ti/q2*+3;;;;6*-1;;;. The third kappa shape index (κ3) is 240. The molecule has 0 aliphatic carbocycles. The van der Waals surface area contributed by atoms with Gasteiger partial charge in [0.1, 0.15) is 0 Å². The molecular formula is Er2O9Ti3. The van der Waals surface area contributed by atoms with E-state index in [1.54, 1.807) is 0 Å². The van der Waals surface area contributed by atoms with Crippen molar-refractivity contribution in [3.05, 3.63) is 0 Å². The molecule has 0 N–H and O–H groups in total. The summed E-state index contributed by atoms with van der Waals surface area (Å²) in [5.41, 5.74) is 0. The first-order chi connectivity index (χ1) is 5.20. The first-order valence-electron chi connectivity index (χ1n) is 1.84. The van der Waals surface area contributed by atoms with Gasteiger partial charge >= 0.3 is 163 Å². The fourth-order valence-corrected chi connectivity index (χ4v) is 0. The Morgan fingerprint density at radius 3 is 0.500 bits per heavy atom. The first-order valence-corrected chi connectivity index (χ1v) is 7.57. The van der Waals surface area contributed by atoms with Crippen LogP contribution in [0.5, 0.6) is 0 Å². The molecule has 0 aliphatic heterocycles. The van der Waals surface area contributed by atoms with Crippen LogP contribution in [-0.2, 0) is 65.8 Å². The van der Waals surface area contributed by atoms with E-state index in [0.29, 0.717) is 0 Å². The van der Waals surface area contributed by atoms with Crippen molar-refractivity contribution < 1.29 is 163 Å². The van der Waals surface area contributed by atoms with Crippen LogP contribution >= 0.6 is 0 Å². The van der Waals surface area contributed by atoms with Gasteiger partial charge in [-0.2, -0.15) is 0 Å². The summed E-state index contributed by atoms with van der Waals surface area (Å²) in [4.78, 5) is 0. The van der Waals surface area contributed by atoms with Crippen molar-refractivity contribution in [2.45, 2.75) is 0 Å². The van der Waals surface area contributed by atoms with Crippen LogP contribution in [0.15, 0.2) is 0 Å². The molecule has 90 valence electrons. The van der Waals surface area contributed by atoms with E-state index >= 15 is 0 Å². The van der Waals surface area contributed by atoms with Crippen molar-refractivity contribution in [3.63, 3.8) is 0 Å². The normalized spacial score (nSPS) is 5.57. The molecule has 0 heterocycles. The maximum atomic E-state index is 8.58. The molecule has 0 unspecified atom stereocenters. The van der Waals surface area contributed by atoms with E-state index in [-0.39, 0.29) is 74.6 Å². The van der Waals surface area contributed by atoms with Crippen LogP contribution in [0.3, 0.4) is 0 Å². The van der Waals surface area contributed by atoms with Gasteiger partial charge < -0.3 is 0 Å². The van der Waals surface area contributed by atoms with Crippen molar-refractivity contribution in [3.8, 4) is 0 Å². The van der Waals surface area contributed by atoms with E-state index in [0.717, 1.165) is 0 Å². The predicted octanol–water partition coefficient (Wildman–Crippen LogP) is -7.50. The molecule has 2 radical (unpaired) electrons. The minimum atomic E-state index is -4.08. The van der Waals surface area contributed by atoms with E-state index in [1.807, 2.05) is 0 Å². The molecule has 14 heteroatoms. The average molecular weight is 622 g/mol. The van der Waals surface area contributed by atoms with Gasteiger partial charge in [0.05, 0.1) is 0 Å². The molecule has 0 amide bonds. The Bertz CT molecular complexity index is 116. The third-order valence-corrected chi connectivity index (χ3v) is 0. The average Bonchev–Trinajstić information content (AvgIpc) is 1.54. The van der Waals surface area contributed by atoms with Crippen molar-refractivity contribution in [2.75, 3.05) is 0 Å². The van der Waals surface area contributed by atoms with Gasteiger partial charge in [0.15, 0.2) is 0 Å². The van der Waals surface area contributed by atoms with Gasteiger partial charge in [0, 0.05) is 0 Å². The molecular weight excluding hydrogens is 622 g/mol. The van der Waals surface area contributed by atoms with Crippen molar-refractivity contribution in [2.24, 2.45) is 0 Å². The van der Waals surface area contributed by atoms with Gasteiger partial charge in [-0.15, -0.1) is 0 Å². The molecule has 0 aromatic rings. The molecule has 0 bridgehead atoms. The van der Waals surface area contributed by atoms with E-state index in [1.165, 1.54) is 0 Å². The van der Waals surface area contributed by atoms with E-state index in [4.69, 9.17) is 32.1 Å². The Balaban J connectivity index is -0.0000000270. The van der Waals surface area contributed by atoms with Crippen molar-refractivity contribution in [1.82, 2.24) is 0 Å². The van der Waals surface area contributed by atoms with Gasteiger partial charge in [-0.05, 0) is 0 Å². The van der Waals surface area contributed by atoms with Crippen molar-refractivity contribution >= 4 is 0 Å². The van der Waals surface area contributed by atoms with Gasteiger partial charge in [0.25, 0.3) is 0 Å². The molecule has 14 heavy (non-hydrogen) atoms. The summed E-state index contributed by atoms with van der Waals surface area (Å²) in [7, 11) is 0. The van der Waals surface area contributed by atoms with Crippen LogP contribution in [-0.4, -0.2) is 0 Å². The van der Waals surface area contributed by atoms with Crippen LogP contribution in [0, 0.1) is 74.6 Å². The van der Waals surface area contributed by atoms with Gasteiger partial charge in [-0.3, -0.25) is 0 Å². The molecule has 0 saturated heterocycles. The van der Waals surface area contributed by atoms with Gasteiger partial charge in [0.2, 0.25) is 0 Å². The molecule has 0 aromatic heterocycles. The number of hydrogen-bond donors (Lipinski definition) is 0. The summed E-state index contributed by atoms with van der Waals surface area (Å²) in [5, 5.41) is 0. The summed E-state index contributed by atoms with van der Waals surface area (Å²) >= 11 is -12.2. The molecule has 0 aromatic carbocycles. The van der Waals surface area contributed by atoms with Crippen LogP contribution in [0.4, 0.5) is 0 Å². The molecule has 9 nitrogen and oxygen atoms in total. The molecule has 0 fully saturated rings. The topological polar surface area (TPSA) is 190 Å². The van der Waals surface area contributed by atoms with E-state index < -0.39 is 55.8 Å². The maximum absolute atomic E-state index is 8.58. The number of rotatable bonds is 0. The third-order valence-electron chi connectivity index (χ3n) is 0. The van der Waals surface area contributed by atoms with Gasteiger partial charge in [-0.25, -0.2) is 0 Å². The Kier molecular flexibility index (Phi) is 56.1. The second kappa shape index (κ2) is 25.6. The fraction of sp³-hybridized carbons (Fsp3) is 0. The van der Waals surface area contributed by atoms with Crippen LogP contribution in [0.1, 0.15) is 0 Å². The zero-order chi connectivity index (χ0) is 10.7. The predicted molar refractivity (Wildman–Crippen MR) is 2.06 cm³/mol. The molecule has 0 aliphatic rings. The molecule has 0 rings (SSSR count). The molecule has 0 saturated carbocycles. The Morgan fingerprint density at radius 1 is 0.500 bits per heavy atom. The van der Waals surface area contributed by atoms with Crippen molar-refractivity contribution in [1.29, 1.82) is 0 Å². The second-order valence-electron chi connectivity index (χ2n) is 0.750. The summed E-state index contributed by atoms with van der Waals surface area (Å²) in [6.45, 7) is 0. The quantitative estimate of drug-likeness (QED) is 0.237. The summed E-state index contributed by atoms with van der Waals surface area (Å²) in [6, 6.07) is 0. The molecule has 0 atom stereocenters.